The highest BCUT2D eigenvalue weighted by Gasteiger charge is 2.37. The van der Waals surface area contributed by atoms with Gasteiger partial charge in [0.1, 0.15) is 5.75 Å². The SMILES string of the molecule is OCC1(CSCCOc2ccccc2C(F)(F)F)COC1. The largest absolute Gasteiger partial charge is 0.492 e. The number of aliphatic hydroxyl groups is 1. The number of alkyl halides is 3. The number of para-hydroxylation sites is 1. The molecule has 118 valence electrons. The first kappa shape index (κ1) is 16.5. The lowest BCUT2D eigenvalue weighted by atomic mass is 9.90. The van der Waals surface area contributed by atoms with Gasteiger partial charge < -0.3 is 14.6 Å². The molecule has 0 aliphatic carbocycles. The number of halogens is 3. The third-order valence-corrected chi connectivity index (χ3v) is 4.51. The van der Waals surface area contributed by atoms with Crippen molar-refractivity contribution in [3.05, 3.63) is 29.8 Å². The minimum atomic E-state index is -4.41. The van der Waals surface area contributed by atoms with Crippen molar-refractivity contribution >= 4 is 11.8 Å². The fraction of sp³-hybridized carbons (Fsp3) is 0.571. The number of benzene rings is 1. The van der Waals surface area contributed by atoms with Gasteiger partial charge in [0.25, 0.3) is 0 Å². The van der Waals surface area contributed by atoms with E-state index in [0.717, 1.165) is 6.07 Å². The Bertz CT molecular complexity index is 456. The highest BCUT2D eigenvalue weighted by atomic mass is 32.2. The number of rotatable bonds is 7. The maximum absolute atomic E-state index is 12.8. The first-order chi connectivity index (χ1) is 9.97. The molecule has 0 atom stereocenters. The van der Waals surface area contributed by atoms with Gasteiger partial charge >= 0.3 is 6.18 Å². The third-order valence-electron chi connectivity index (χ3n) is 3.24. The van der Waals surface area contributed by atoms with Crippen LogP contribution in [-0.2, 0) is 10.9 Å². The molecule has 0 saturated carbocycles. The molecule has 0 aromatic heterocycles. The molecule has 21 heavy (non-hydrogen) atoms. The zero-order valence-corrected chi connectivity index (χ0v) is 12.2. The van der Waals surface area contributed by atoms with Crippen LogP contribution in [-0.4, -0.2) is 43.0 Å². The average Bonchev–Trinajstić information content (AvgIpc) is 2.40. The van der Waals surface area contributed by atoms with E-state index in [0.29, 0.717) is 24.7 Å². The summed E-state index contributed by atoms with van der Waals surface area (Å²) in [5.74, 6) is 1.14. The Morgan fingerprint density at radius 2 is 2.00 bits per heavy atom. The van der Waals surface area contributed by atoms with Crippen LogP contribution >= 0.6 is 11.8 Å². The summed E-state index contributed by atoms with van der Waals surface area (Å²) in [7, 11) is 0. The van der Waals surface area contributed by atoms with Crippen molar-refractivity contribution in [3.8, 4) is 5.75 Å². The second kappa shape index (κ2) is 6.89. The second-order valence-corrected chi connectivity index (χ2v) is 6.15. The average molecular weight is 322 g/mol. The lowest BCUT2D eigenvalue weighted by Crippen LogP contribution is -2.47. The summed E-state index contributed by atoms with van der Waals surface area (Å²) in [6.45, 7) is 1.33. The Hall–Kier alpha value is -0.920. The van der Waals surface area contributed by atoms with Gasteiger partial charge in [0, 0.05) is 16.9 Å². The Balaban J connectivity index is 1.76. The van der Waals surface area contributed by atoms with Gasteiger partial charge in [-0.05, 0) is 12.1 Å². The minimum absolute atomic E-state index is 0.0672. The normalized spacial score (nSPS) is 17.3. The Labute approximate surface area is 125 Å². The Kier molecular flexibility index (Phi) is 5.40. The fourth-order valence-corrected chi connectivity index (χ4v) is 2.97. The number of hydrogen-bond acceptors (Lipinski definition) is 4. The summed E-state index contributed by atoms with van der Waals surface area (Å²) < 4.78 is 48.6. The molecule has 0 amide bonds. The van der Waals surface area contributed by atoms with Gasteiger partial charge in [-0.3, -0.25) is 0 Å². The van der Waals surface area contributed by atoms with E-state index in [9.17, 15) is 18.3 Å². The first-order valence-corrected chi connectivity index (χ1v) is 7.68. The Morgan fingerprint density at radius 1 is 1.29 bits per heavy atom. The van der Waals surface area contributed by atoms with Crippen LogP contribution in [0.15, 0.2) is 24.3 Å². The van der Waals surface area contributed by atoms with Crippen molar-refractivity contribution in [1.82, 2.24) is 0 Å². The van der Waals surface area contributed by atoms with E-state index in [4.69, 9.17) is 9.47 Å². The lowest BCUT2D eigenvalue weighted by molar-refractivity contribution is -0.138. The molecule has 0 spiro atoms. The van der Waals surface area contributed by atoms with Crippen LogP contribution < -0.4 is 4.74 Å². The van der Waals surface area contributed by atoms with E-state index in [1.165, 1.54) is 18.2 Å². The van der Waals surface area contributed by atoms with Crippen molar-refractivity contribution < 1.29 is 27.8 Å². The predicted molar refractivity (Wildman–Crippen MR) is 74.6 cm³/mol. The molecule has 1 aliphatic rings. The van der Waals surface area contributed by atoms with Gasteiger partial charge in [0.05, 0.1) is 32.0 Å². The smallest absolute Gasteiger partial charge is 0.419 e. The molecule has 1 saturated heterocycles. The van der Waals surface area contributed by atoms with E-state index < -0.39 is 11.7 Å². The first-order valence-electron chi connectivity index (χ1n) is 6.52. The van der Waals surface area contributed by atoms with Gasteiger partial charge in [-0.15, -0.1) is 0 Å². The van der Waals surface area contributed by atoms with E-state index in [1.54, 1.807) is 11.8 Å². The van der Waals surface area contributed by atoms with E-state index in [1.807, 2.05) is 0 Å². The van der Waals surface area contributed by atoms with Crippen LogP contribution in [0.3, 0.4) is 0 Å². The predicted octanol–water partition coefficient (Wildman–Crippen LogP) is 2.83. The van der Waals surface area contributed by atoms with Gasteiger partial charge in [-0.25, -0.2) is 0 Å². The van der Waals surface area contributed by atoms with Gasteiger partial charge in [0.15, 0.2) is 0 Å². The van der Waals surface area contributed by atoms with Crippen molar-refractivity contribution in [2.45, 2.75) is 6.18 Å². The number of thioether (sulfide) groups is 1. The molecule has 0 radical (unpaired) electrons. The van der Waals surface area contributed by atoms with Gasteiger partial charge in [-0.1, -0.05) is 12.1 Å². The second-order valence-electron chi connectivity index (χ2n) is 5.05. The summed E-state index contributed by atoms with van der Waals surface area (Å²) in [6, 6.07) is 5.19. The molecule has 0 unspecified atom stereocenters. The summed E-state index contributed by atoms with van der Waals surface area (Å²) in [4.78, 5) is 0. The van der Waals surface area contributed by atoms with Crippen LogP contribution in [0.2, 0.25) is 0 Å². The maximum Gasteiger partial charge on any atom is 0.419 e. The highest BCUT2D eigenvalue weighted by Crippen LogP contribution is 2.36. The van der Waals surface area contributed by atoms with Crippen molar-refractivity contribution in [3.63, 3.8) is 0 Å². The topological polar surface area (TPSA) is 38.7 Å². The summed E-state index contributed by atoms with van der Waals surface area (Å²) in [6.07, 6.45) is -4.41. The van der Waals surface area contributed by atoms with Crippen LogP contribution in [0.1, 0.15) is 5.56 Å². The molecular weight excluding hydrogens is 305 g/mol. The summed E-state index contributed by atoms with van der Waals surface area (Å²) in [5.41, 5.74) is -0.941. The molecule has 1 aliphatic heterocycles. The molecule has 1 heterocycles. The zero-order chi connectivity index (χ0) is 15.3. The fourth-order valence-electron chi connectivity index (χ4n) is 1.94. The molecule has 1 aromatic carbocycles. The minimum Gasteiger partial charge on any atom is -0.492 e. The van der Waals surface area contributed by atoms with Gasteiger partial charge in [0.2, 0.25) is 0 Å². The zero-order valence-electron chi connectivity index (χ0n) is 11.4. The monoisotopic (exact) mass is 322 g/mol. The summed E-state index contributed by atoms with van der Waals surface area (Å²) >= 11 is 1.55. The van der Waals surface area contributed by atoms with E-state index in [2.05, 4.69) is 0 Å². The molecule has 0 bridgehead atoms. The lowest BCUT2D eigenvalue weighted by Gasteiger charge is -2.39. The molecule has 1 N–H and O–H groups in total. The quantitative estimate of drug-likeness (QED) is 0.784. The summed E-state index contributed by atoms with van der Waals surface area (Å²) in [5, 5.41) is 9.25. The number of hydrogen-bond donors (Lipinski definition) is 1. The van der Waals surface area contributed by atoms with Crippen LogP contribution in [0.25, 0.3) is 0 Å². The van der Waals surface area contributed by atoms with E-state index >= 15 is 0 Å². The van der Waals surface area contributed by atoms with E-state index in [-0.39, 0.29) is 24.4 Å². The molecule has 1 aromatic rings. The molecular formula is C14H17F3O3S. The van der Waals surface area contributed by atoms with Crippen LogP contribution in [0, 0.1) is 5.41 Å². The highest BCUT2D eigenvalue weighted by molar-refractivity contribution is 7.99. The standard InChI is InChI=1S/C14H17F3O3S/c15-14(16,17)11-3-1-2-4-12(11)20-5-6-21-10-13(7-18)8-19-9-13/h1-4,18H,5-10H2. The van der Waals surface area contributed by atoms with Crippen molar-refractivity contribution in [2.24, 2.45) is 5.41 Å². The molecule has 3 nitrogen and oxygen atoms in total. The van der Waals surface area contributed by atoms with Crippen molar-refractivity contribution in [1.29, 1.82) is 0 Å². The number of aliphatic hydroxyl groups excluding tert-OH is 1. The molecule has 7 heteroatoms. The number of ether oxygens (including phenoxy) is 2. The Morgan fingerprint density at radius 3 is 2.57 bits per heavy atom. The van der Waals surface area contributed by atoms with Gasteiger partial charge in [-0.2, -0.15) is 24.9 Å². The molecule has 2 rings (SSSR count). The molecule has 1 fully saturated rings. The maximum atomic E-state index is 12.8. The van der Waals surface area contributed by atoms with Crippen LogP contribution in [0.5, 0.6) is 5.75 Å². The van der Waals surface area contributed by atoms with Crippen molar-refractivity contribution in [2.75, 3.05) is 37.9 Å². The third kappa shape index (κ3) is 4.28. The van der Waals surface area contributed by atoms with Crippen LogP contribution in [0.4, 0.5) is 13.2 Å².